The molecule has 2 nitrogen and oxygen atoms in total. The quantitative estimate of drug-likeness (QED) is 0.510. The third kappa shape index (κ3) is 2.09. The van der Waals surface area contributed by atoms with E-state index in [4.69, 9.17) is 6.42 Å². The van der Waals surface area contributed by atoms with Gasteiger partial charge in [0.25, 0.3) is 0 Å². The van der Waals surface area contributed by atoms with E-state index in [1.807, 2.05) is 30.1 Å². The van der Waals surface area contributed by atoms with Gasteiger partial charge < -0.3 is 4.90 Å². The maximum Gasteiger partial charge on any atom is 0.152 e. The van der Waals surface area contributed by atoms with Crippen LogP contribution >= 0.6 is 0 Å². The fourth-order valence-corrected chi connectivity index (χ4v) is 1.16. The lowest BCUT2D eigenvalue weighted by atomic mass is 10.2. The van der Waals surface area contributed by atoms with Crippen molar-refractivity contribution < 1.29 is 4.79 Å². The second-order valence-electron chi connectivity index (χ2n) is 2.74. The fourth-order valence-electron chi connectivity index (χ4n) is 1.16. The molecule has 0 radical (unpaired) electrons. The van der Waals surface area contributed by atoms with Gasteiger partial charge in [-0.05, 0) is 12.1 Å². The van der Waals surface area contributed by atoms with Crippen molar-refractivity contribution in [3.63, 3.8) is 0 Å². The Morgan fingerprint density at radius 1 is 1.54 bits per heavy atom. The zero-order valence-corrected chi connectivity index (χ0v) is 7.53. The largest absolute Gasteiger partial charge is 0.363 e. The van der Waals surface area contributed by atoms with E-state index in [2.05, 4.69) is 5.92 Å². The molecule has 13 heavy (non-hydrogen) atoms. The number of anilines is 1. The molecule has 0 aliphatic carbocycles. The first-order valence-corrected chi connectivity index (χ1v) is 3.98. The number of carbonyl (C=O) groups is 1. The highest BCUT2D eigenvalue weighted by molar-refractivity contribution is 5.84. The van der Waals surface area contributed by atoms with E-state index in [-0.39, 0.29) is 0 Å². The molecule has 1 rings (SSSR count). The standard InChI is InChI=1S/C11H11NO/c1-3-8-12(2)11-7-5-4-6-10(11)9-13/h1,4-7,9H,8H2,2H3. The van der Waals surface area contributed by atoms with Gasteiger partial charge >= 0.3 is 0 Å². The van der Waals surface area contributed by atoms with Crippen LogP contribution in [0.15, 0.2) is 24.3 Å². The topological polar surface area (TPSA) is 20.3 Å². The molecule has 0 atom stereocenters. The normalized spacial score (nSPS) is 8.92. The van der Waals surface area contributed by atoms with Crippen molar-refractivity contribution in [3.05, 3.63) is 29.8 Å². The molecule has 0 amide bonds. The second kappa shape index (κ2) is 4.32. The minimum Gasteiger partial charge on any atom is -0.363 e. The minimum absolute atomic E-state index is 0.505. The van der Waals surface area contributed by atoms with E-state index < -0.39 is 0 Å². The summed E-state index contributed by atoms with van der Waals surface area (Å²) in [5.74, 6) is 2.53. The number of para-hydroxylation sites is 1. The van der Waals surface area contributed by atoms with Crippen molar-refractivity contribution in [1.29, 1.82) is 0 Å². The van der Waals surface area contributed by atoms with Gasteiger partial charge in [0.05, 0.1) is 6.54 Å². The molecule has 1 aromatic rings. The molecule has 0 bridgehead atoms. The smallest absolute Gasteiger partial charge is 0.152 e. The van der Waals surface area contributed by atoms with Crippen LogP contribution in [0.4, 0.5) is 5.69 Å². The van der Waals surface area contributed by atoms with Gasteiger partial charge in [-0.3, -0.25) is 4.79 Å². The van der Waals surface area contributed by atoms with E-state index in [1.54, 1.807) is 6.07 Å². The Bertz CT molecular complexity index is 338. The highest BCUT2D eigenvalue weighted by Crippen LogP contribution is 2.16. The van der Waals surface area contributed by atoms with Crippen molar-refractivity contribution in [2.75, 3.05) is 18.5 Å². The first-order valence-electron chi connectivity index (χ1n) is 3.98. The van der Waals surface area contributed by atoms with E-state index in [0.29, 0.717) is 12.1 Å². The lowest BCUT2D eigenvalue weighted by Gasteiger charge is -2.17. The Kier molecular flexibility index (Phi) is 3.10. The Morgan fingerprint density at radius 2 is 2.23 bits per heavy atom. The van der Waals surface area contributed by atoms with Gasteiger partial charge in [0.2, 0.25) is 0 Å². The molecule has 0 saturated heterocycles. The van der Waals surface area contributed by atoms with Gasteiger partial charge in [0.15, 0.2) is 6.29 Å². The van der Waals surface area contributed by atoms with Crippen LogP contribution in [0.1, 0.15) is 10.4 Å². The molecular weight excluding hydrogens is 162 g/mol. The minimum atomic E-state index is 0.505. The summed E-state index contributed by atoms with van der Waals surface area (Å²) < 4.78 is 0. The maximum atomic E-state index is 10.7. The third-order valence-corrected chi connectivity index (χ3v) is 1.80. The number of benzene rings is 1. The highest BCUT2D eigenvalue weighted by atomic mass is 16.1. The number of rotatable bonds is 3. The molecule has 66 valence electrons. The number of nitrogens with zero attached hydrogens (tertiary/aromatic N) is 1. The molecule has 0 saturated carbocycles. The number of aldehydes is 1. The van der Waals surface area contributed by atoms with Gasteiger partial charge in [0, 0.05) is 18.3 Å². The summed E-state index contributed by atoms with van der Waals surface area (Å²) in [6.45, 7) is 0.505. The maximum absolute atomic E-state index is 10.7. The molecule has 0 unspecified atom stereocenters. The highest BCUT2D eigenvalue weighted by Gasteiger charge is 2.03. The summed E-state index contributed by atoms with van der Waals surface area (Å²) in [5, 5.41) is 0. The molecular formula is C11H11NO. The summed E-state index contributed by atoms with van der Waals surface area (Å²) in [5.41, 5.74) is 1.54. The van der Waals surface area contributed by atoms with Crippen LogP contribution in [0.25, 0.3) is 0 Å². The van der Waals surface area contributed by atoms with Crippen LogP contribution < -0.4 is 4.90 Å². The Balaban J connectivity index is 2.99. The predicted octanol–water partition coefficient (Wildman–Crippen LogP) is 1.57. The van der Waals surface area contributed by atoms with E-state index in [0.717, 1.165) is 12.0 Å². The SMILES string of the molecule is C#CCN(C)c1ccccc1C=O. The third-order valence-electron chi connectivity index (χ3n) is 1.80. The number of hydrogen-bond donors (Lipinski definition) is 0. The summed E-state index contributed by atoms with van der Waals surface area (Å²) >= 11 is 0. The van der Waals surface area contributed by atoms with Crippen LogP contribution in [0.2, 0.25) is 0 Å². The van der Waals surface area contributed by atoms with Crippen molar-refractivity contribution >= 4 is 12.0 Å². The monoisotopic (exact) mass is 173 g/mol. The van der Waals surface area contributed by atoms with Crippen LogP contribution in [0, 0.1) is 12.3 Å². The summed E-state index contributed by atoms with van der Waals surface area (Å²) in [7, 11) is 1.86. The average molecular weight is 173 g/mol. The fraction of sp³-hybridized carbons (Fsp3) is 0.182. The van der Waals surface area contributed by atoms with E-state index >= 15 is 0 Å². The first-order chi connectivity index (χ1) is 6.29. The van der Waals surface area contributed by atoms with Crippen LogP contribution in [-0.4, -0.2) is 19.9 Å². The molecule has 1 aromatic carbocycles. The molecule has 2 heteroatoms. The molecule has 0 heterocycles. The van der Waals surface area contributed by atoms with Crippen LogP contribution in [0.3, 0.4) is 0 Å². The first kappa shape index (κ1) is 9.34. The molecule has 0 aromatic heterocycles. The molecule has 0 fully saturated rings. The number of carbonyl (C=O) groups excluding carboxylic acids is 1. The molecule has 0 N–H and O–H groups in total. The van der Waals surface area contributed by atoms with Crippen molar-refractivity contribution in [2.24, 2.45) is 0 Å². The lowest BCUT2D eigenvalue weighted by molar-refractivity contribution is 0.112. The van der Waals surface area contributed by atoms with Gasteiger partial charge in [-0.2, -0.15) is 0 Å². The van der Waals surface area contributed by atoms with Gasteiger partial charge in [0.1, 0.15) is 0 Å². The number of hydrogen-bond acceptors (Lipinski definition) is 2. The average Bonchev–Trinajstić information content (AvgIpc) is 2.18. The van der Waals surface area contributed by atoms with Crippen molar-refractivity contribution in [2.45, 2.75) is 0 Å². The van der Waals surface area contributed by atoms with Crippen molar-refractivity contribution in [3.8, 4) is 12.3 Å². The Hall–Kier alpha value is -1.75. The molecule has 0 aliphatic heterocycles. The summed E-state index contributed by atoms with van der Waals surface area (Å²) in [6, 6.07) is 7.36. The van der Waals surface area contributed by atoms with Crippen molar-refractivity contribution in [1.82, 2.24) is 0 Å². The predicted molar refractivity (Wildman–Crippen MR) is 53.9 cm³/mol. The van der Waals surface area contributed by atoms with Gasteiger partial charge in [-0.25, -0.2) is 0 Å². The van der Waals surface area contributed by atoms with Crippen LogP contribution in [-0.2, 0) is 0 Å². The molecule has 0 aliphatic rings. The van der Waals surface area contributed by atoms with Gasteiger partial charge in [-0.15, -0.1) is 6.42 Å². The number of terminal acetylenes is 1. The summed E-state index contributed by atoms with van der Waals surface area (Å²) in [6.07, 6.45) is 6.01. The van der Waals surface area contributed by atoms with E-state index in [9.17, 15) is 4.79 Å². The van der Waals surface area contributed by atoms with Gasteiger partial charge in [-0.1, -0.05) is 18.1 Å². The summed E-state index contributed by atoms with van der Waals surface area (Å²) in [4.78, 5) is 12.5. The Morgan fingerprint density at radius 3 is 2.85 bits per heavy atom. The van der Waals surface area contributed by atoms with E-state index in [1.165, 1.54) is 0 Å². The zero-order valence-electron chi connectivity index (χ0n) is 7.53. The lowest BCUT2D eigenvalue weighted by Crippen LogP contribution is -2.18. The Labute approximate surface area is 78.2 Å². The van der Waals surface area contributed by atoms with Crippen LogP contribution in [0.5, 0.6) is 0 Å². The zero-order chi connectivity index (χ0) is 9.68. The second-order valence-corrected chi connectivity index (χ2v) is 2.74. The molecule has 0 spiro atoms.